The summed E-state index contributed by atoms with van der Waals surface area (Å²) in [5.74, 6) is 1.71. The minimum absolute atomic E-state index is 0.253. The Morgan fingerprint density at radius 3 is 2.71 bits per heavy atom. The summed E-state index contributed by atoms with van der Waals surface area (Å²) in [5.41, 5.74) is 2.15. The topological polar surface area (TPSA) is 116 Å². The van der Waals surface area contributed by atoms with Crippen molar-refractivity contribution in [3.63, 3.8) is 0 Å². The number of hydrogen-bond donors (Lipinski definition) is 2. The molecule has 0 bridgehead atoms. The maximum Gasteiger partial charge on any atom is 0.278 e. The summed E-state index contributed by atoms with van der Waals surface area (Å²) in [6, 6.07) is 11.1. The summed E-state index contributed by atoms with van der Waals surface area (Å²) in [4.78, 5) is 31.3. The number of allylic oxidation sites excluding steroid dienone is 1. The Labute approximate surface area is 201 Å². The minimum atomic E-state index is -1.15. The second-order valence-corrected chi connectivity index (χ2v) is 8.91. The number of benzene rings is 1. The summed E-state index contributed by atoms with van der Waals surface area (Å²) in [6.07, 6.45) is 3.14. The Bertz CT molecular complexity index is 1650. The second kappa shape index (κ2) is 8.17. The van der Waals surface area contributed by atoms with E-state index in [1.165, 1.54) is 10.9 Å². The van der Waals surface area contributed by atoms with Crippen LogP contribution in [0.3, 0.4) is 0 Å². The molecule has 0 aliphatic rings. The van der Waals surface area contributed by atoms with Crippen LogP contribution in [0.25, 0.3) is 27.9 Å². The number of hydrogen-bond acceptors (Lipinski definition) is 7. The third-order valence-corrected chi connectivity index (χ3v) is 5.92. The van der Waals surface area contributed by atoms with E-state index in [0.717, 1.165) is 22.5 Å². The van der Waals surface area contributed by atoms with Gasteiger partial charge in [-0.3, -0.25) is 4.79 Å². The summed E-state index contributed by atoms with van der Waals surface area (Å²) in [5, 5.41) is 14.0. The first kappa shape index (κ1) is 22.5. The van der Waals surface area contributed by atoms with Gasteiger partial charge in [0.25, 0.3) is 5.56 Å². The fourth-order valence-corrected chi connectivity index (χ4v) is 4.01. The monoisotopic (exact) mass is 470 g/mol. The zero-order valence-electron chi connectivity index (χ0n) is 20.0. The zero-order chi connectivity index (χ0) is 24.9. The summed E-state index contributed by atoms with van der Waals surface area (Å²) >= 11 is 0. The third-order valence-electron chi connectivity index (χ3n) is 5.92. The minimum Gasteiger partial charge on any atom is -0.384 e. The molecule has 0 spiro atoms. The van der Waals surface area contributed by atoms with Gasteiger partial charge in [0.2, 0.25) is 5.95 Å². The molecule has 1 aromatic carbocycles. The van der Waals surface area contributed by atoms with Crippen LogP contribution in [0.5, 0.6) is 0 Å². The van der Waals surface area contributed by atoms with Crippen LogP contribution in [0.2, 0.25) is 0 Å². The van der Waals surface area contributed by atoms with Crippen LogP contribution in [0.1, 0.15) is 25.4 Å². The van der Waals surface area contributed by atoms with Crippen molar-refractivity contribution in [2.45, 2.75) is 32.9 Å². The molecule has 35 heavy (non-hydrogen) atoms. The number of aryl methyl sites for hydroxylation is 2. The highest BCUT2D eigenvalue weighted by atomic mass is 16.3. The highest BCUT2D eigenvalue weighted by molar-refractivity contribution is 5.82. The van der Waals surface area contributed by atoms with E-state index in [4.69, 9.17) is 0 Å². The molecule has 4 heterocycles. The molecule has 5 rings (SSSR count). The van der Waals surface area contributed by atoms with Crippen molar-refractivity contribution in [1.29, 1.82) is 0 Å². The van der Waals surface area contributed by atoms with Gasteiger partial charge in [-0.2, -0.15) is 4.98 Å². The summed E-state index contributed by atoms with van der Waals surface area (Å²) in [6.45, 7) is 9.31. The molecule has 0 saturated carbocycles. The molecule has 2 N–H and O–H groups in total. The van der Waals surface area contributed by atoms with Crippen LogP contribution in [0, 0.1) is 6.92 Å². The Kier molecular flexibility index (Phi) is 5.25. The lowest BCUT2D eigenvalue weighted by Crippen LogP contribution is -2.23. The molecule has 0 aliphatic carbocycles. The fraction of sp³-hybridized carbons (Fsp3) is 0.240. The van der Waals surface area contributed by atoms with Crippen LogP contribution in [-0.2, 0) is 19.2 Å². The highest BCUT2D eigenvalue weighted by Gasteiger charge is 2.21. The van der Waals surface area contributed by atoms with Gasteiger partial charge < -0.3 is 15.0 Å². The average molecular weight is 471 g/mol. The maximum atomic E-state index is 13.2. The Morgan fingerprint density at radius 2 is 1.97 bits per heavy atom. The number of anilines is 2. The van der Waals surface area contributed by atoms with Crippen LogP contribution in [0.15, 0.2) is 60.0 Å². The molecule has 0 unspecified atom stereocenters. The average Bonchev–Trinajstić information content (AvgIpc) is 3.26. The predicted octanol–water partition coefficient (Wildman–Crippen LogP) is 3.33. The predicted molar refractivity (Wildman–Crippen MR) is 135 cm³/mol. The fourth-order valence-electron chi connectivity index (χ4n) is 4.01. The number of pyridine rings is 1. The van der Waals surface area contributed by atoms with Crippen molar-refractivity contribution >= 4 is 33.7 Å². The molecule has 0 aliphatic heterocycles. The molecule has 0 fully saturated rings. The van der Waals surface area contributed by atoms with E-state index in [-0.39, 0.29) is 12.1 Å². The van der Waals surface area contributed by atoms with Gasteiger partial charge >= 0.3 is 0 Å². The van der Waals surface area contributed by atoms with E-state index in [2.05, 4.69) is 31.8 Å². The van der Waals surface area contributed by atoms with E-state index in [1.807, 2.05) is 36.7 Å². The highest BCUT2D eigenvalue weighted by Crippen LogP contribution is 2.24. The Balaban J connectivity index is 1.65. The van der Waals surface area contributed by atoms with Gasteiger partial charge in [-0.05, 0) is 51.1 Å². The van der Waals surface area contributed by atoms with Gasteiger partial charge in [0.15, 0.2) is 11.5 Å². The largest absolute Gasteiger partial charge is 0.384 e. The van der Waals surface area contributed by atoms with Crippen molar-refractivity contribution in [3.8, 4) is 5.82 Å². The van der Waals surface area contributed by atoms with Crippen LogP contribution < -0.4 is 10.9 Å². The number of nitrogens with one attached hydrogen (secondary N) is 1. The van der Waals surface area contributed by atoms with E-state index in [9.17, 15) is 9.90 Å². The van der Waals surface area contributed by atoms with Crippen LogP contribution in [0.4, 0.5) is 11.6 Å². The number of nitrogens with zero attached hydrogens (tertiary/aromatic N) is 7. The van der Waals surface area contributed by atoms with Crippen molar-refractivity contribution in [3.05, 3.63) is 77.1 Å². The van der Waals surface area contributed by atoms with Crippen molar-refractivity contribution < 1.29 is 5.11 Å². The number of aliphatic hydroxyl groups is 1. The standard InChI is InChI=1S/C25H26N8O2/c1-6-12-32-23(34)17-14-26-24(28-16-10-11-18-19(13-16)31(5)15(2)27-18)30-22(17)33(32)21-9-7-8-20(29-21)25(3,4)35/h6-11,13-14,35H,1,12H2,2-5H3,(H,26,28,30). The summed E-state index contributed by atoms with van der Waals surface area (Å²) in [7, 11) is 1.97. The van der Waals surface area contributed by atoms with Gasteiger partial charge in [0.05, 0.1) is 23.3 Å². The van der Waals surface area contributed by atoms with Crippen molar-refractivity contribution in [2.75, 3.05) is 5.32 Å². The number of aromatic nitrogens is 7. The first-order valence-corrected chi connectivity index (χ1v) is 11.2. The first-order valence-electron chi connectivity index (χ1n) is 11.2. The summed E-state index contributed by atoms with van der Waals surface area (Å²) < 4.78 is 5.14. The molecule has 10 heteroatoms. The normalized spacial score (nSPS) is 11.9. The molecule has 0 amide bonds. The lowest BCUT2D eigenvalue weighted by molar-refractivity contribution is 0.0738. The van der Waals surface area contributed by atoms with Gasteiger partial charge in [0, 0.05) is 18.9 Å². The molecule has 4 aromatic heterocycles. The second-order valence-electron chi connectivity index (χ2n) is 8.91. The van der Waals surface area contributed by atoms with Gasteiger partial charge in [-0.15, -0.1) is 6.58 Å². The van der Waals surface area contributed by atoms with E-state index in [1.54, 1.807) is 42.8 Å². The molecule has 5 aromatic rings. The SMILES string of the molecule is C=CCn1c(=O)c2cnc(Nc3ccc4nc(C)n(C)c4c3)nc2n1-c1cccc(C(C)(C)O)n1. The molecular formula is C25H26N8O2. The van der Waals surface area contributed by atoms with E-state index in [0.29, 0.717) is 28.5 Å². The van der Waals surface area contributed by atoms with Gasteiger partial charge in [-0.25, -0.2) is 24.3 Å². The molecule has 10 nitrogen and oxygen atoms in total. The molecule has 0 radical (unpaired) electrons. The number of rotatable bonds is 6. The first-order chi connectivity index (χ1) is 16.7. The zero-order valence-corrected chi connectivity index (χ0v) is 20.0. The number of fused-ring (bicyclic) bond motifs is 2. The van der Waals surface area contributed by atoms with Crippen LogP contribution in [-0.4, -0.2) is 39.0 Å². The van der Waals surface area contributed by atoms with Crippen molar-refractivity contribution in [1.82, 2.24) is 33.9 Å². The quantitative estimate of drug-likeness (QED) is 0.366. The van der Waals surface area contributed by atoms with E-state index >= 15 is 0 Å². The van der Waals surface area contributed by atoms with Crippen LogP contribution >= 0.6 is 0 Å². The Hall–Kier alpha value is -4.31. The van der Waals surface area contributed by atoms with Crippen molar-refractivity contribution in [2.24, 2.45) is 7.05 Å². The smallest absolute Gasteiger partial charge is 0.278 e. The molecule has 178 valence electrons. The number of imidazole rings is 1. The molecular weight excluding hydrogens is 444 g/mol. The van der Waals surface area contributed by atoms with Gasteiger partial charge in [-0.1, -0.05) is 12.1 Å². The Morgan fingerprint density at radius 1 is 1.17 bits per heavy atom. The van der Waals surface area contributed by atoms with E-state index < -0.39 is 5.60 Å². The lowest BCUT2D eigenvalue weighted by Gasteiger charge is -2.18. The van der Waals surface area contributed by atoms with Gasteiger partial charge in [0.1, 0.15) is 16.8 Å². The molecule has 0 atom stereocenters. The third kappa shape index (κ3) is 3.87. The maximum absolute atomic E-state index is 13.2. The lowest BCUT2D eigenvalue weighted by atomic mass is 10.1. The molecule has 0 saturated heterocycles.